The summed E-state index contributed by atoms with van der Waals surface area (Å²) < 4.78 is 0. The van der Waals surface area contributed by atoms with Crippen LogP contribution in [0.4, 0.5) is 5.13 Å². The van der Waals surface area contributed by atoms with Crippen LogP contribution in [0.25, 0.3) is 0 Å². The molecule has 2 aliphatic rings. The summed E-state index contributed by atoms with van der Waals surface area (Å²) in [7, 11) is 0. The lowest BCUT2D eigenvalue weighted by Crippen LogP contribution is -2.41. The summed E-state index contributed by atoms with van der Waals surface area (Å²) in [5, 5.41) is 12.7. The minimum atomic E-state index is 0.518. The number of piperidine rings is 1. The monoisotopic (exact) mass is 224 g/mol. The minimum Gasteiger partial charge on any atom is -0.346 e. The molecule has 1 spiro atoms. The molecule has 15 heavy (non-hydrogen) atoms. The molecule has 0 aromatic carbocycles. The maximum atomic E-state index is 4.15. The van der Waals surface area contributed by atoms with Crippen LogP contribution in [0.5, 0.6) is 0 Å². The summed E-state index contributed by atoms with van der Waals surface area (Å²) in [4.78, 5) is 2.39. The largest absolute Gasteiger partial charge is 0.346 e. The second kappa shape index (κ2) is 3.72. The van der Waals surface area contributed by atoms with E-state index in [0.717, 1.165) is 18.2 Å². The summed E-state index contributed by atoms with van der Waals surface area (Å²) in [6, 6.07) is 0. The van der Waals surface area contributed by atoms with Gasteiger partial charge in [0.2, 0.25) is 5.13 Å². The molecule has 1 N–H and O–H groups in total. The predicted molar refractivity (Wildman–Crippen MR) is 61.3 cm³/mol. The van der Waals surface area contributed by atoms with Gasteiger partial charge in [0, 0.05) is 25.0 Å². The number of nitrogens with one attached hydrogen (secondary N) is 1. The zero-order valence-corrected chi connectivity index (χ0v) is 9.59. The van der Waals surface area contributed by atoms with E-state index in [1.165, 1.54) is 32.4 Å². The Labute approximate surface area is 93.7 Å². The van der Waals surface area contributed by atoms with Crippen LogP contribution in [-0.4, -0.2) is 36.4 Å². The molecule has 5 heteroatoms. The first-order chi connectivity index (χ1) is 7.38. The molecule has 3 heterocycles. The van der Waals surface area contributed by atoms with Gasteiger partial charge in [-0.25, -0.2) is 0 Å². The molecule has 0 radical (unpaired) electrons. The van der Waals surface area contributed by atoms with Crippen LogP contribution >= 0.6 is 11.3 Å². The number of rotatable bonds is 1. The quantitative estimate of drug-likeness (QED) is 0.776. The van der Waals surface area contributed by atoms with Crippen LogP contribution in [0, 0.1) is 5.41 Å². The predicted octanol–water partition coefficient (Wildman–Crippen LogP) is 1.12. The highest BCUT2D eigenvalue weighted by molar-refractivity contribution is 7.13. The number of hydrogen-bond acceptors (Lipinski definition) is 5. The van der Waals surface area contributed by atoms with Crippen molar-refractivity contribution in [2.75, 3.05) is 31.1 Å². The summed E-state index contributed by atoms with van der Waals surface area (Å²) in [5.41, 5.74) is 2.34. The Morgan fingerprint density at radius 3 is 3.20 bits per heavy atom. The highest BCUT2D eigenvalue weighted by Crippen LogP contribution is 2.38. The third-order valence-electron chi connectivity index (χ3n) is 3.62. The third kappa shape index (κ3) is 1.74. The number of aromatic nitrogens is 2. The van der Waals surface area contributed by atoms with E-state index in [1.807, 2.05) is 5.51 Å². The van der Waals surface area contributed by atoms with E-state index in [2.05, 4.69) is 20.4 Å². The Morgan fingerprint density at radius 2 is 2.47 bits per heavy atom. The Morgan fingerprint density at radius 1 is 1.47 bits per heavy atom. The second-order valence-electron chi connectivity index (χ2n) is 4.67. The first-order valence-electron chi connectivity index (χ1n) is 5.60. The van der Waals surface area contributed by atoms with Crippen molar-refractivity contribution in [2.24, 2.45) is 5.41 Å². The van der Waals surface area contributed by atoms with Crippen LogP contribution in [0.2, 0.25) is 0 Å². The van der Waals surface area contributed by atoms with Crippen LogP contribution < -0.4 is 10.2 Å². The zero-order valence-electron chi connectivity index (χ0n) is 8.78. The first-order valence-corrected chi connectivity index (χ1v) is 6.48. The molecule has 0 saturated carbocycles. The molecule has 2 fully saturated rings. The molecule has 2 saturated heterocycles. The van der Waals surface area contributed by atoms with Crippen molar-refractivity contribution in [1.82, 2.24) is 15.5 Å². The highest BCUT2D eigenvalue weighted by Gasteiger charge is 2.39. The van der Waals surface area contributed by atoms with Crippen molar-refractivity contribution in [3.05, 3.63) is 5.51 Å². The van der Waals surface area contributed by atoms with Crippen molar-refractivity contribution in [3.8, 4) is 0 Å². The van der Waals surface area contributed by atoms with Crippen molar-refractivity contribution in [3.63, 3.8) is 0 Å². The second-order valence-corrected chi connectivity index (χ2v) is 5.48. The van der Waals surface area contributed by atoms with Gasteiger partial charge >= 0.3 is 0 Å². The Hall–Kier alpha value is -0.680. The standard InChI is InChI=1S/C10H16N4S/c1-2-10(6-11-4-1)3-5-14(7-10)9-13-12-8-15-9/h8,11H,1-7H2. The zero-order chi connectivity index (χ0) is 10.1. The van der Waals surface area contributed by atoms with Crippen molar-refractivity contribution in [1.29, 1.82) is 0 Å². The fourth-order valence-corrected chi connectivity index (χ4v) is 3.37. The summed E-state index contributed by atoms with van der Waals surface area (Å²) in [5.74, 6) is 0. The normalized spacial score (nSPS) is 31.3. The molecule has 0 bridgehead atoms. The topological polar surface area (TPSA) is 41.1 Å². The molecule has 1 atom stereocenters. The van der Waals surface area contributed by atoms with E-state index >= 15 is 0 Å². The SMILES string of the molecule is c1nnc(N2CCC3(CCCNC3)C2)s1. The smallest absolute Gasteiger partial charge is 0.208 e. The maximum Gasteiger partial charge on any atom is 0.208 e. The van der Waals surface area contributed by atoms with Gasteiger partial charge in [0.05, 0.1) is 0 Å². The lowest BCUT2D eigenvalue weighted by molar-refractivity contribution is 0.239. The average molecular weight is 224 g/mol. The lowest BCUT2D eigenvalue weighted by atomic mass is 9.80. The van der Waals surface area contributed by atoms with Gasteiger partial charge in [0.1, 0.15) is 5.51 Å². The molecule has 2 aliphatic heterocycles. The lowest BCUT2D eigenvalue weighted by Gasteiger charge is -2.33. The van der Waals surface area contributed by atoms with E-state index in [9.17, 15) is 0 Å². The third-order valence-corrected chi connectivity index (χ3v) is 4.37. The Bertz CT molecular complexity index is 318. The van der Waals surface area contributed by atoms with Gasteiger partial charge in [-0.1, -0.05) is 11.3 Å². The van der Waals surface area contributed by atoms with Crippen molar-refractivity contribution in [2.45, 2.75) is 19.3 Å². The summed E-state index contributed by atoms with van der Waals surface area (Å²) in [6.07, 6.45) is 4.00. The summed E-state index contributed by atoms with van der Waals surface area (Å²) >= 11 is 1.65. The van der Waals surface area contributed by atoms with Crippen molar-refractivity contribution >= 4 is 16.5 Å². The minimum absolute atomic E-state index is 0.518. The van der Waals surface area contributed by atoms with E-state index in [4.69, 9.17) is 0 Å². The van der Waals surface area contributed by atoms with Gasteiger partial charge in [-0.05, 0) is 25.8 Å². The van der Waals surface area contributed by atoms with Gasteiger partial charge < -0.3 is 10.2 Å². The fourth-order valence-electron chi connectivity index (χ4n) is 2.78. The van der Waals surface area contributed by atoms with Crippen LogP contribution in [0.15, 0.2) is 5.51 Å². The van der Waals surface area contributed by atoms with E-state index in [1.54, 1.807) is 11.3 Å². The van der Waals surface area contributed by atoms with E-state index in [0.29, 0.717) is 5.41 Å². The van der Waals surface area contributed by atoms with Crippen molar-refractivity contribution < 1.29 is 0 Å². The van der Waals surface area contributed by atoms with Gasteiger partial charge in [0.25, 0.3) is 0 Å². The summed E-state index contributed by atoms with van der Waals surface area (Å²) in [6.45, 7) is 4.69. The molecule has 0 aliphatic carbocycles. The number of nitrogens with zero attached hydrogens (tertiary/aromatic N) is 3. The molecule has 0 amide bonds. The van der Waals surface area contributed by atoms with Crippen LogP contribution in [0.3, 0.4) is 0 Å². The molecule has 1 aromatic rings. The fraction of sp³-hybridized carbons (Fsp3) is 0.800. The van der Waals surface area contributed by atoms with Gasteiger partial charge in [-0.2, -0.15) is 0 Å². The average Bonchev–Trinajstić information content (AvgIpc) is 2.88. The molecule has 1 aromatic heterocycles. The molecule has 82 valence electrons. The van der Waals surface area contributed by atoms with Gasteiger partial charge in [-0.3, -0.25) is 0 Å². The number of anilines is 1. The van der Waals surface area contributed by atoms with Gasteiger partial charge in [-0.15, -0.1) is 10.2 Å². The maximum absolute atomic E-state index is 4.15. The molecular formula is C10H16N4S. The molecule has 1 unspecified atom stereocenters. The van der Waals surface area contributed by atoms with Gasteiger partial charge in [0.15, 0.2) is 0 Å². The Balaban J connectivity index is 1.72. The first kappa shape index (κ1) is 9.54. The number of hydrogen-bond donors (Lipinski definition) is 1. The Kier molecular flexibility index (Phi) is 2.36. The van der Waals surface area contributed by atoms with E-state index in [-0.39, 0.29) is 0 Å². The molecule has 4 nitrogen and oxygen atoms in total. The van der Waals surface area contributed by atoms with Crippen LogP contribution in [-0.2, 0) is 0 Å². The molecular weight excluding hydrogens is 208 g/mol. The molecule has 3 rings (SSSR count). The van der Waals surface area contributed by atoms with E-state index < -0.39 is 0 Å². The highest BCUT2D eigenvalue weighted by atomic mass is 32.1. The van der Waals surface area contributed by atoms with Crippen LogP contribution in [0.1, 0.15) is 19.3 Å².